The lowest BCUT2D eigenvalue weighted by Crippen LogP contribution is -2.51. The van der Waals surface area contributed by atoms with Gasteiger partial charge in [0.1, 0.15) is 5.75 Å². The van der Waals surface area contributed by atoms with Gasteiger partial charge >= 0.3 is 5.97 Å². The first-order valence-corrected chi connectivity index (χ1v) is 10.2. The molecule has 1 fully saturated rings. The van der Waals surface area contributed by atoms with Crippen LogP contribution in [-0.4, -0.2) is 72.0 Å². The number of benzene rings is 2. The largest absolute Gasteiger partial charge is 0.508 e. The normalized spacial score (nSPS) is 14.2. The van der Waals surface area contributed by atoms with Crippen LogP contribution in [0.15, 0.2) is 42.5 Å². The Labute approximate surface area is 181 Å². The molecule has 1 heterocycles. The number of hydrogen-bond acceptors (Lipinski definition) is 6. The van der Waals surface area contributed by atoms with Crippen molar-refractivity contribution in [3.63, 3.8) is 0 Å². The highest BCUT2D eigenvalue weighted by Gasteiger charge is 2.23. The first kappa shape index (κ1) is 22.3. The number of carbonyl (C=O) groups is 3. The molecule has 0 unspecified atom stereocenters. The van der Waals surface area contributed by atoms with E-state index < -0.39 is 5.97 Å². The lowest BCUT2D eigenvalue weighted by Gasteiger charge is -2.34. The molecule has 2 aromatic rings. The number of anilines is 1. The molecule has 164 valence electrons. The van der Waals surface area contributed by atoms with Crippen molar-refractivity contribution in [3.05, 3.63) is 59.2 Å². The summed E-state index contributed by atoms with van der Waals surface area (Å²) in [6, 6.07) is 11.5. The number of piperazine rings is 1. The Hall–Kier alpha value is -3.39. The molecule has 8 heteroatoms. The zero-order valence-corrected chi connectivity index (χ0v) is 17.8. The number of rotatable bonds is 6. The summed E-state index contributed by atoms with van der Waals surface area (Å²) < 4.78 is 5.07. The molecule has 1 saturated heterocycles. The number of hydrogen-bond donors (Lipinski definition) is 2. The Morgan fingerprint density at radius 1 is 0.968 bits per heavy atom. The van der Waals surface area contributed by atoms with E-state index in [0.29, 0.717) is 26.2 Å². The highest BCUT2D eigenvalue weighted by Crippen LogP contribution is 2.19. The van der Waals surface area contributed by atoms with Gasteiger partial charge in [0.25, 0.3) is 5.91 Å². The fourth-order valence-corrected chi connectivity index (χ4v) is 3.45. The topological polar surface area (TPSA) is 99.2 Å². The van der Waals surface area contributed by atoms with Gasteiger partial charge in [0.2, 0.25) is 5.91 Å². The number of amides is 2. The Morgan fingerprint density at radius 3 is 2.19 bits per heavy atom. The third-order valence-corrected chi connectivity index (χ3v) is 5.27. The number of carbonyl (C=O) groups excluding carboxylic acids is 3. The zero-order valence-electron chi connectivity index (χ0n) is 17.8. The van der Waals surface area contributed by atoms with E-state index in [1.807, 2.05) is 36.9 Å². The van der Waals surface area contributed by atoms with Crippen LogP contribution in [0.4, 0.5) is 5.69 Å². The van der Waals surface area contributed by atoms with Crippen molar-refractivity contribution in [2.24, 2.45) is 0 Å². The second kappa shape index (κ2) is 10.1. The highest BCUT2D eigenvalue weighted by atomic mass is 16.5. The molecular formula is C23H27N3O5. The Balaban J connectivity index is 1.41. The number of phenols is 1. The minimum atomic E-state index is -0.616. The van der Waals surface area contributed by atoms with Gasteiger partial charge in [-0.1, -0.05) is 18.2 Å². The van der Waals surface area contributed by atoms with E-state index in [1.165, 1.54) is 24.3 Å². The standard InChI is InChI=1S/C23H27N3O5/c1-16-4-3-5-17(2)22(16)24-20(28)14-25-10-12-26(13-11-25)21(29)15-31-23(30)18-6-8-19(27)9-7-18/h3-9,27H,10-15H2,1-2H3,(H,24,28). The van der Waals surface area contributed by atoms with E-state index in [0.717, 1.165) is 16.8 Å². The summed E-state index contributed by atoms with van der Waals surface area (Å²) in [5.41, 5.74) is 3.15. The third kappa shape index (κ3) is 6.05. The van der Waals surface area contributed by atoms with Gasteiger partial charge < -0.3 is 20.1 Å². The summed E-state index contributed by atoms with van der Waals surface area (Å²) in [6.07, 6.45) is 0. The summed E-state index contributed by atoms with van der Waals surface area (Å²) in [6.45, 7) is 5.90. The Kier molecular flexibility index (Phi) is 7.25. The number of esters is 1. The van der Waals surface area contributed by atoms with Crippen LogP contribution in [0.25, 0.3) is 0 Å². The molecule has 0 spiro atoms. The van der Waals surface area contributed by atoms with Gasteiger partial charge in [0.15, 0.2) is 6.61 Å². The van der Waals surface area contributed by atoms with Crippen LogP contribution < -0.4 is 5.32 Å². The van der Waals surface area contributed by atoms with E-state index in [4.69, 9.17) is 4.74 Å². The first-order chi connectivity index (χ1) is 14.8. The number of aryl methyl sites for hydroxylation is 2. The predicted molar refractivity (Wildman–Crippen MR) is 116 cm³/mol. The molecule has 3 rings (SSSR count). The summed E-state index contributed by atoms with van der Waals surface area (Å²) in [5, 5.41) is 12.2. The lowest BCUT2D eigenvalue weighted by atomic mass is 10.1. The maximum atomic E-state index is 12.4. The molecule has 0 radical (unpaired) electrons. The van der Waals surface area contributed by atoms with Crippen LogP contribution in [0.2, 0.25) is 0 Å². The minimum absolute atomic E-state index is 0.0493. The molecule has 0 aliphatic carbocycles. The smallest absolute Gasteiger partial charge is 0.338 e. The summed E-state index contributed by atoms with van der Waals surface area (Å²) >= 11 is 0. The fourth-order valence-electron chi connectivity index (χ4n) is 3.45. The van der Waals surface area contributed by atoms with Gasteiger partial charge in [-0.15, -0.1) is 0 Å². The van der Waals surface area contributed by atoms with Gasteiger partial charge in [-0.2, -0.15) is 0 Å². The monoisotopic (exact) mass is 425 g/mol. The van der Waals surface area contributed by atoms with Crippen molar-refractivity contribution in [1.29, 1.82) is 0 Å². The summed E-state index contributed by atoms with van der Waals surface area (Å²) in [7, 11) is 0. The number of aromatic hydroxyl groups is 1. The average molecular weight is 425 g/mol. The maximum Gasteiger partial charge on any atom is 0.338 e. The van der Waals surface area contributed by atoms with Crippen LogP contribution >= 0.6 is 0 Å². The van der Waals surface area contributed by atoms with Crippen LogP contribution in [0.1, 0.15) is 21.5 Å². The molecule has 0 bridgehead atoms. The number of para-hydroxylation sites is 1. The second-order valence-corrected chi connectivity index (χ2v) is 7.59. The number of nitrogens with one attached hydrogen (secondary N) is 1. The van der Waals surface area contributed by atoms with Crippen molar-refractivity contribution in [2.45, 2.75) is 13.8 Å². The lowest BCUT2D eigenvalue weighted by molar-refractivity contribution is -0.136. The molecule has 8 nitrogen and oxygen atoms in total. The summed E-state index contributed by atoms with van der Waals surface area (Å²) in [5.74, 6) is -0.921. The van der Waals surface area contributed by atoms with Gasteiger partial charge in [-0.05, 0) is 49.2 Å². The molecule has 2 amide bonds. The molecule has 0 saturated carbocycles. The summed E-state index contributed by atoms with van der Waals surface area (Å²) in [4.78, 5) is 40.4. The number of phenolic OH excluding ortho intramolecular Hbond substituents is 1. The van der Waals surface area contributed by atoms with Crippen molar-refractivity contribution in [3.8, 4) is 5.75 Å². The highest BCUT2D eigenvalue weighted by molar-refractivity contribution is 5.94. The van der Waals surface area contributed by atoms with Crippen LogP contribution in [0.3, 0.4) is 0 Å². The fraction of sp³-hybridized carbons (Fsp3) is 0.348. The first-order valence-electron chi connectivity index (χ1n) is 10.2. The molecule has 2 aromatic carbocycles. The van der Waals surface area contributed by atoms with Crippen molar-refractivity contribution < 1.29 is 24.2 Å². The predicted octanol–water partition coefficient (Wildman–Crippen LogP) is 1.95. The molecule has 0 atom stereocenters. The van der Waals surface area contributed by atoms with E-state index in [-0.39, 0.29) is 36.3 Å². The molecule has 1 aliphatic rings. The van der Waals surface area contributed by atoms with E-state index in [2.05, 4.69) is 5.32 Å². The van der Waals surface area contributed by atoms with Crippen molar-refractivity contribution in [1.82, 2.24) is 9.80 Å². The van der Waals surface area contributed by atoms with Crippen LogP contribution in [0.5, 0.6) is 5.75 Å². The second-order valence-electron chi connectivity index (χ2n) is 7.59. The van der Waals surface area contributed by atoms with Gasteiger partial charge in [0, 0.05) is 31.9 Å². The number of ether oxygens (including phenoxy) is 1. The number of nitrogens with zero attached hydrogens (tertiary/aromatic N) is 2. The van der Waals surface area contributed by atoms with E-state index >= 15 is 0 Å². The maximum absolute atomic E-state index is 12.4. The molecule has 31 heavy (non-hydrogen) atoms. The average Bonchev–Trinajstić information content (AvgIpc) is 2.75. The SMILES string of the molecule is Cc1cccc(C)c1NC(=O)CN1CCN(C(=O)COC(=O)c2ccc(O)cc2)CC1. The molecule has 1 aliphatic heterocycles. The molecular weight excluding hydrogens is 398 g/mol. The van der Waals surface area contributed by atoms with Gasteiger partial charge in [-0.25, -0.2) is 4.79 Å². The minimum Gasteiger partial charge on any atom is -0.508 e. The van der Waals surface area contributed by atoms with Crippen molar-refractivity contribution >= 4 is 23.5 Å². The van der Waals surface area contributed by atoms with Gasteiger partial charge in [-0.3, -0.25) is 14.5 Å². The van der Waals surface area contributed by atoms with E-state index in [9.17, 15) is 19.5 Å². The zero-order chi connectivity index (χ0) is 22.4. The van der Waals surface area contributed by atoms with Crippen LogP contribution in [0, 0.1) is 13.8 Å². The quantitative estimate of drug-likeness (QED) is 0.687. The van der Waals surface area contributed by atoms with Gasteiger partial charge in [0.05, 0.1) is 12.1 Å². The molecule has 0 aromatic heterocycles. The Morgan fingerprint density at radius 2 is 1.58 bits per heavy atom. The Bertz CT molecular complexity index is 930. The third-order valence-electron chi connectivity index (χ3n) is 5.27. The van der Waals surface area contributed by atoms with Crippen molar-refractivity contribution in [2.75, 3.05) is 44.6 Å². The van der Waals surface area contributed by atoms with Crippen LogP contribution in [-0.2, 0) is 14.3 Å². The molecule has 2 N–H and O–H groups in total. The van der Waals surface area contributed by atoms with E-state index in [1.54, 1.807) is 4.90 Å².